The van der Waals surface area contributed by atoms with Gasteiger partial charge in [0.15, 0.2) is 17.4 Å². The molecule has 0 heterocycles. The monoisotopic (exact) mass is 348 g/mol. The van der Waals surface area contributed by atoms with Crippen molar-refractivity contribution in [2.75, 3.05) is 0 Å². The molecule has 0 radical (unpaired) electrons. The predicted molar refractivity (Wildman–Crippen MR) is 80.5 cm³/mol. The van der Waals surface area contributed by atoms with Gasteiger partial charge in [0, 0.05) is 11.6 Å². The minimum absolute atomic E-state index is 0.0928. The second-order valence-electron chi connectivity index (χ2n) is 3.93. The molecule has 0 aromatic heterocycles. The zero-order chi connectivity index (χ0) is 15.6. The minimum atomic E-state index is -0.707. The summed E-state index contributed by atoms with van der Waals surface area (Å²) in [5, 5.41) is 12.0. The van der Waals surface area contributed by atoms with E-state index in [1.807, 2.05) is 0 Å². The fraction of sp³-hybridized carbons (Fsp3) is 0. The molecule has 8 heteroatoms. The Kier molecular flexibility index (Phi) is 4.77. The van der Waals surface area contributed by atoms with Gasteiger partial charge in [-0.25, -0.2) is 4.39 Å². The third-order valence-corrected chi connectivity index (χ3v) is 3.55. The first-order valence-electron chi connectivity index (χ1n) is 5.52. The lowest BCUT2D eigenvalue weighted by Gasteiger charge is -2.10. The van der Waals surface area contributed by atoms with Crippen LogP contribution in [0.4, 0.5) is 4.39 Å². The van der Waals surface area contributed by atoms with Crippen LogP contribution in [-0.2, 0) is 0 Å². The fourth-order valence-electron chi connectivity index (χ4n) is 1.50. The van der Waals surface area contributed by atoms with Gasteiger partial charge >= 0.3 is 0 Å². The van der Waals surface area contributed by atoms with Crippen LogP contribution in [0.15, 0.2) is 35.5 Å². The van der Waals surface area contributed by atoms with Gasteiger partial charge in [0.2, 0.25) is 0 Å². The van der Waals surface area contributed by atoms with E-state index >= 15 is 0 Å². The maximum absolute atomic E-state index is 13.9. The summed E-state index contributed by atoms with van der Waals surface area (Å²) in [5.74, 6) is -0.861. The Morgan fingerprint density at radius 2 is 1.71 bits per heavy atom. The first-order chi connectivity index (χ1) is 9.92. The average molecular weight is 350 g/mol. The summed E-state index contributed by atoms with van der Waals surface area (Å²) in [6.45, 7) is 0. The molecule has 2 rings (SSSR count). The highest BCUT2D eigenvalue weighted by molar-refractivity contribution is 6.43. The second-order valence-corrected chi connectivity index (χ2v) is 5.15. The van der Waals surface area contributed by atoms with Crippen LogP contribution in [0.1, 0.15) is 5.56 Å². The number of nitrogens with two attached hydrogens (primary N) is 1. The molecular formula is C13H8Cl3FN2O2. The molecule has 0 aliphatic heterocycles. The molecule has 0 aliphatic carbocycles. The van der Waals surface area contributed by atoms with Gasteiger partial charge < -0.3 is 15.7 Å². The summed E-state index contributed by atoms with van der Waals surface area (Å²) in [6, 6.07) is 6.59. The Morgan fingerprint density at radius 1 is 1.05 bits per heavy atom. The van der Waals surface area contributed by atoms with Gasteiger partial charge in [-0.2, -0.15) is 0 Å². The predicted octanol–water partition coefficient (Wildman–Crippen LogP) is 4.67. The van der Waals surface area contributed by atoms with Crippen molar-refractivity contribution >= 4 is 40.6 Å². The molecule has 0 fully saturated rings. The molecule has 0 saturated heterocycles. The van der Waals surface area contributed by atoms with Crippen molar-refractivity contribution in [1.82, 2.24) is 0 Å². The summed E-state index contributed by atoms with van der Waals surface area (Å²) in [5.41, 5.74) is 5.58. The standard InChI is InChI=1S/C13H8Cl3FN2O2/c14-7-4-9(16)12(5-8(7)15)21-11-2-1-6(3-10(11)17)13(18)19-20/h1-5,20H,(H2,18,19). The van der Waals surface area contributed by atoms with Gasteiger partial charge in [-0.3, -0.25) is 0 Å². The number of hydrogen-bond acceptors (Lipinski definition) is 3. The lowest BCUT2D eigenvalue weighted by atomic mass is 10.2. The lowest BCUT2D eigenvalue weighted by Crippen LogP contribution is -2.13. The number of nitrogens with zero attached hydrogens (tertiary/aromatic N) is 1. The molecule has 110 valence electrons. The van der Waals surface area contributed by atoms with Crippen molar-refractivity contribution in [3.8, 4) is 11.5 Å². The van der Waals surface area contributed by atoms with Crippen LogP contribution in [-0.4, -0.2) is 11.0 Å². The number of benzene rings is 2. The van der Waals surface area contributed by atoms with E-state index in [4.69, 9.17) is 50.5 Å². The quantitative estimate of drug-likeness (QED) is 0.278. The molecule has 0 aliphatic rings. The Hall–Kier alpha value is -1.69. The first kappa shape index (κ1) is 15.7. The summed E-state index contributed by atoms with van der Waals surface area (Å²) in [4.78, 5) is 0. The van der Waals surface area contributed by atoms with Gasteiger partial charge in [0.25, 0.3) is 0 Å². The maximum Gasteiger partial charge on any atom is 0.170 e. The zero-order valence-electron chi connectivity index (χ0n) is 10.3. The van der Waals surface area contributed by atoms with Crippen LogP contribution in [0.2, 0.25) is 15.1 Å². The molecule has 21 heavy (non-hydrogen) atoms. The van der Waals surface area contributed by atoms with Crippen molar-refractivity contribution < 1.29 is 14.3 Å². The van der Waals surface area contributed by atoms with Crippen LogP contribution in [0, 0.1) is 5.82 Å². The highest BCUT2D eigenvalue weighted by Gasteiger charge is 2.12. The molecule has 0 saturated carbocycles. The number of rotatable bonds is 3. The van der Waals surface area contributed by atoms with E-state index in [0.29, 0.717) is 0 Å². The number of amidine groups is 1. The van der Waals surface area contributed by atoms with Crippen LogP contribution in [0.3, 0.4) is 0 Å². The first-order valence-corrected chi connectivity index (χ1v) is 6.65. The molecule has 0 bridgehead atoms. The van der Waals surface area contributed by atoms with Crippen molar-refractivity contribution in [1.29, 1.82) is 0 Å². The molecule has 0 amide bonds. The number of oxime groups is 1. The van der Waals surface area contributed by atoms with E-state index in [1.165, 1.54) is 24.3 Å². The lowest BCUT2D eigenvalue weighted by molar-refractivity contribution is 0.318. The van der Waals surface area contributed by atoms with Gasteiger partial charge in [-0.15, -0.1) is 0 Å². The van der Waals surface area contributed by atoms with E-state index < -0.39 is 5.82 Å². The summed E-state index contributed by atoms with van der Waals surface area (Å²) in [7, 11) is 0. The largest absolute Gasteiger partial charge is 0.453 e. The molecule has 2 aromatic rings. The van der Waals surface area contributed by atoms with Crippen LogP contribution in [0.5, 0.6) is 11.5 Å². The Bertz CT molecular complexity index is 723. The van der Waals surface area contributed by atoms with E-state index in [2.05, 4.69) is 5.16 Å². The third-order valence-electron chi connectivity index (χ3n) is 2.53. The van der Waals surface area contributed by atoms with Crippen molar-refractivity contribution in [2.45, 2.75) is 0 Å². The third kappa shape index (κ3) is 3.50. The van der Waals surface area contributed by atoms with E-state index in [-0.39, 0.29) is 38.0 Å². The summed E-state index contributed by atoms with van der Waals surface area (Å²) >= 11 is 17.6. The molecule has 4 nitrogen and oxygen atoms in total. The smallest absolute Gasteiger partial charge is 0.170 e. The van der Waals surface area contributed by atoms with Crippen molar-refractivity contribution in [3.63, 3.8) is 0 Å². The van der Waals surface area contributed by atoms with E-state index in [1.54, 1.807) is 0 Å². The summed E-state index contributed by atoms with van der Waals surface area (Å²) < 4.78 is 19.3. The van der Waals surface area contributed by atoms with Crippen LogP contribution >= 0.6 is 34.8 Å². The highest BCUT2D eigenvalue weighted by Crippen LogP contribution is 2.37. The molecule has 2 aromatic carbocycles. The zero-order valence-corrected chi connectivity index (χ0v) is 12.5. The van der Waals surface area contributed by atoms with E-state index in [9.17, 15) is 4.39 Å². The van der Waals surface area contributed by atoms with Crippen LogP contribution < -0.4 is 10.5 Å². The number of hydrogen-bond donors (Lipinski definition) is 2. The molecule has 3 N–H and O–H groups in total. The Morgan fingerprint density at radius 3 is 2.33 bits per heavy atom. The molecule has 0 spiro atoms. The van der Waals surface area contributed by atoms with Gasteiger partial charge in [0.05, 0.1) is 15.1 Å². The van der Waals surface area contributed by atoms with Crippen molar-refractivity contribution in [3.05, 3.63) is 56.8 Å². The Balaban J connectivity index is 2.34. The van der Waals surface area contributed by atoms with Crippen LogP contribution in [0.25, 0.3) is 0 Å². The summed E-state index contributed by atoms with van der Waals surface area (Å²) in [6.07, 6.45) is 0. The van der Waals surface area contributed by atoms with Gasteiger partial charge in [-0.1, -0.05) is 40.0 Å². The SMILES string of the molecule is N/C(=N\O)c1ccc(Oc2cc(Cl)c(Cl)cc2Cl)c(F)c1. The average Bonchev–Trinajstić information content (AvgIpc) is 2.45. The minimum Gasteiger partial charge on any atom is -0.453 e. The number of halogens is 4. The van der Waals surface area contributed by atoms with Gasteiger partial charge in [0.1, 0.15) is 5.75 Å². The highest BCUT2D eigenvalue weighted by atomic mass is 35.5. The molecule has 0 atom stereocenters. The van der Waals surface area contributed by atoms with Gasteiger partial charge in [-0.05, 0) is 24.3 Å². The maximum atomic E-state index is 13.9. The molecular weight excluding hydrogens is 342 g/mol. The second kappa shape index (κ2) is 6.39. The normalized spacial score (nSPS) is 11.5. The molecule has 0 unspecified atom stereocenters. The van der Waals surface area contributed by atoms with Crippen molar-refractivity contribution in [2.24, 2.45) is 10.9 Å². The topological polar surface area (TPSA) is 67.8 Å². The fourth-order valence-corrected chi connectivity index (χ4v) is 2.08. The number of ether oxygens (including phenoxy) is 1. The van der Waals surface area contributed by atoms with E-state index in [0.717, 1.165) is 6.07 Å². The Labute approximate surface area is 134 Å².